The highest BCUT2D eigenvalue weighted by molar-refractivity contribution is 4.75. The van der Waals surface area contributed by atoms with Crippen molar-refractivity contribution in [1.82, 2.24) is 5.32 Å². The molecule has 1 N–H and O–H groups in total. The number of alkyl halides is 3. The van der Waals surface area contributed by atoms with Gasteiger partial charge in [0.25, 0.3) is 0 Å². The Morgan fingerprint density at radius 2 is 1.75 bits per heavy atom. The van der Waals surface area contributed by atoms with E-state index in [1.54, 1.807) is 0 Å². The van der Waals surface area contributed by atoms with Crippen molar-refractivity contribution in [3.8, 4) is 0 Å². The van der Waals surface area contributed by atoms with E-state index < -0.39 is 12.8 Å². The molecule has 16 heavy (non-hydrogen) atoms. The second-order valence-corrected chi connectivity index (χ2v) is 5.06. The molecule has 1 atom stereocenters. The Morgan fingerprint density at radius 1 is 1.19 bits per heavy atom. The molecule has 0 fully saturated rings. The molecule has 0 aliphatic heterocycles. The lowest BCUT2D eigenvalue weighted by molar-refractivity contribution is -0.173. The summed E-state index contributed by atoms with van der Waals surface area (Å²) in [5.74, 6) is 0. The van der Waals surface area contributed by atoms with Gasteiger partial charge in [-0.1, -0.05) is 20.8 Å². The molecule has 0 bridgehead atoms. The zero-order valence-electron chi connectivity index (χ0n) is 10.4. The Balaban J connectivity index is 3.41. The molecule has 98 valence electrons. The van der Waals surface area contributed by atoms with Gasteiger partial charge in [-0.15, -0.1) is 0 Å². The van der Waals surface area contributed by atoms with Crippen LogP contribution in [0.15, 0.2) is 0 Å². The van der Waals surface area contributed by atoms with Crippen LogP contribution < -0.4 is 5.32 Å². The number of nitrogens with one attached hydrogen (secondary N) is 1. The van der Waals surface area contributed by atoms with E-state index in [4.69, 9.17) is 0 Å². The molecule has 0 saturated heterocycles. The Labute approximate surface area is 95.5 Å². The number of halogens is 3. The van der Waals surface area contributed by atoms with Crippen LogP contribution in [0.1, 0.15) is 34.1 Å². The van der Waals surface area contributed by atoms with Crippen LogP contribution in [0.25, 0.3) is 0 Å². The average Bonchev–Trinajstić information content (AvgIpc) is 2.07. The van der Waals surface area contributed by atoms with Gasteiger partial charge in [-0.3, -0.25) is 0 Å². The summed E-state index contributed by atoms with van der Waals surface area (Å²) in [5, 5.41) is 3.26. The molecular weight excluding hydrogens is 219 g/mol. The maximum Gasteiger partial charge on any atom is 0.411 e. The predicted octanol–water partition coefficient (Wildman–Crippen LogP) is 2.98. The first kappa shape index (κ1) is 15.7. The highest BCUT2D eigenvalue weighted by Crippen LogP contribution is 2.18. The topological polar surface area (TPSA) is 21.3 Å². The molecule has 0 amide bonds. The fourth-order valence-corrected chi connectivity index (χ4v) is 0.987. The minimum atomic E-state index is -4.22. The first-order chi connectivity index (χ1) is 7.13. The van der Waals surface area contributed by atoms with Crippen molar-refractivity contribution in [2.45, 2.75) is 46.3 Å². The molecule has 0 aliphatic rings. The van der Waals surface area contributed by atoms with Crippen molar-refractivity contribution in [2.24, 2.45) is 5.41 Å². The molecule has 0 radical (unpaired) electrons. The summed E-state index contributed by atoms with van der Waals surface area (Å²) in [7, 11) is 0. The van der Waals surface area contributed by atoms with E-state index in [1.165, 1.54) is 0 Å². The zero-order valence-corrected chi connectivity index (χ0v) is 10.4. The Hall–Kier alpha value is -0.290. The first-order valence-corrected chi connectivity index (χ1v) is 5.51. The maximum absolute atomic E-state index is 11.7. The van der Waals surface area contributed by atoms with Crippen molar-refractivity contribution in [2.75, 3.05) is 19.8 Å². The van der Waals surface area contributed by atoms with E-state index in [9.17, 15) is 13.2 Å². The minimum Gasteiger partial charge on any atom is -0.372 e. The summed E-state index contributed by atoms with van der Waals surface area (Å²) in [6.45, 7) is 8.08. The first-order valence-electron chi connectivity index (χ1n) is 5.51. The van der Waals surface area contributed by atoms with Gasteiger partial charge in [0.2, 0.25) is 0 Å². The van der Waals surface area contributed by atoms with Crippen LogP contribution in [0.2, 0.25) is 0 Å². The van der Waals surface area contributed by atoms with Gasteiger partial charge in [0.15, 0.2) is 0 Å². The van der Waals surface area contributed by atoms with Gasteiger partial charge in [-0.05, 0) is 25.3 Å². The molecule has 0 heterocycles. The van der Waals surface area contributed by atoms with Crippen LogP contribution in [0.4, 0.5) is 13.2 Å². The molecule has 1 unspecified atom stereocenters. The third-order valence-electron chi connectivity index (χ3n) is 2.48. The predicted molar refractivity (Wildman–Crippen MR) is 58.4 cm³/mol. The Morgan fingerprint density at radius 3 is 2.19 bits per heavy atom. The van der Waals surface area contributed by atoms with Gasteiger partial charge in [0.1, 0.15) is 6.61 Å². The standard InChI is InChI=1S/C11H22F3NO/c1-9(10(2,3)4)15-6-5-7-16-8-11(12,13)14/h9,15H,5-8H2,1-4H3. The summed E-state index contributed by atoms with van der Waals surface area (Å²) in [5.41, 5.74) is 0.160. The zero-order chi connectivity index (χ0) is 12.8. The van der Waals surface area contributed by atoms with Gasteiger partial charge in [-0.25, -0.2) is 0 Å². The van der Waals surface area contributed by atoms with Crippen molar-refractivity contribution in [3.05, 3.63) is 0 Å². The van der Waals surface area contributed by atoms with Gasteiger partial charge in [-0.2, -0.15) is 13.2 Å². The Bertz CT molecular complexity index is 187. The van der Waals surface area contributed by atoms with E-state index >= 15 is 0 Å². The molecule has 0 aromatic rings. The highest BCUT2D eigenvalue weighted by Gasteiger charge is 2.27. The van der Waals surface area contributed by atoms with Crippen LogP contribution in [0.3, 0.4) is 0 Å². The van der Waals surface area contributed by atoms with Crippen LogP contribution in [0.5, 0.6) is 0 Å². The van der Waals surface area contributed by atoms with E-state index in [0.717, 1.165) is 0 Å². The monoisotopic (exact) mass is 241 g/mol. The maximum atomic E-state index is 11.7. The average molecular weight is 241 g/mol. The van der Waals surface area contributed by atoms with Crippen LogP contribution in [0, 0.1) is 5.41 Å². The second kappa shape index (κ2) is 6.45. The largest absolute Gasteiger partial charge is 0.411 e. The van der Waals surface area contributed by atoms with Gasteiger partial charge in [0, 0.05) is 12.6 Å². The lowest BCUT2D eigenvalue weighted by Crippen LogP contribution is -2.38. The van der Waals surface area contributed by atoms with E-state index in [1.807, 2.05) is 0 Å². The minimum absolute atomic E-state index is 0.142. The molecule has 0 aromatic carbocycles. The summed E-state index contributed by atoms with van der Waals surface area (Å²) in [6.07, 6.45) is -3.62. The quantitative estimate of drug-likeness (QED) is 0.722. The number of hydrogen-bond donors (Lipinski definition) is 1. The highest BCUT2D eigenvalue weighted by atomic mass is 19.4. The summed E-state index contributed by atoms with van der Waals surface area (Å²) in [4.78, 5) is 0. The van der Waals surface area contributed by atoms with Crippen molar-refractivity contribution in [3.63, 3.8) is 0 Å². The Kier molecular flexibility index (Phi) is 6.33. The molecule has 0 rings (SSSR count). The molecule has 0 aromatic heterocycles. The van der Waals surface area contributed by atoms with Crippen LogP contribution in [-0.2, 0) is 4.74 Å². The van der Waals surface area contributed by atoms with E-state index in [0.29, 0.717) is 19.0 Å². The third-order valence-corrected chi connectivity index (χ3v) is 2.48. The number of ether oxygens (including phenoxy) is 1. The van der Waals surface area contributed by atoms with Crippen LogP contribution >= 0.6 is 0 Å². The normalized spacial score (nSPS) is 15.2. The summed E-state index contributed by atoms with van der Waals surface area (Å²) >= 11 is 0. The number of rotatable bonds is 6. The van der Waals surface area contributed by atoms with Crippen molar-refractivity contribution >= 4 is 0 Å². The molecule has 2 nitrogen and oxygen atoms in total. The van der Waals surface area contributed by atoms with Gasteiger partial charge >= 0.3 is 6.18 Å². The summed E-state index contributed by atoms with van der Waals surface area (Å²) < 4.78 is 39.6. The van der Waals surface area contributed by atoms with Crippen molar-refractivity contribution < 1.29 is 17.9 Å². The second-order valence-electron chi connectivity index (χ2n) is 5.06. The van der Waals surface area contributed by atoms with E-state index in [-0.39, 0.29) is 12.0 Å². The molecule has 0 spiro atoms. The molecule has 0 aliphatic carbocycles. The third kappa shape index (κ3) is 8.97. The number of hydrogen-bond acceptors (Lipinski definition) is 2. The molecule has 5 heteroatoms. The van der Waals surface area contributed by atoms with Crippen molar-refractivity contribution in [1.29, 1.82) is 0 Å². The molecular formula is C11H22F3NO. The lowest BCUT2D eigenvalue weighted by Gasteiger charge is -2.28. The van der Waals surface area contributed by atoms with Gasteiger partial charge < -0.3 is 10.1 Å². The van der Waals surface area contributed by atoms with Gasteiger partial charge in [0.05, 0.1) is 0 Å². The lowest BCUT2D eigenvalue weighted by atomic mass is 9.88. The molecule has 0 saturated carbocycles. The van der Waals surface area contributed by atoms with E-state index in [2.05, 4.69) is 37.7 Å². The van der Waals surface area contributed by atoms with Crippen LogP contribution in [-0.4, -0.2) is 32.0 Å². The summed E-state index contributed by atoms with van der Waals surface area (Å²) in [6, 6.07) is 0.329. The smallest absolute Gasteiger partial charge is 0.372 e. The fraction of sp³-hybridized carbons (Fsp3) is 1.00. The fourth-order valence-electron chi connectivity index (χ4n) is 0.987. The SMILES string of the molecule is CC(NCCCOCC(F)(F)F)C(C)(C)C.